The topological polar surface area (TPSA) is 91.8 Å². The van der Waals surface area contributed by atoms with Gasteiger partial charge >= 0.3 is 0 Å². The van der Waals surface area contributed by atoms with Gasteiger partial charge in [-0.05, 0) is 44.4 Å². The normalized spacial score (nSPS) is 19.9. The summed E-state index contributed by atoms with van der Waals surface area (Å²) in [5, 5.41) is 7.26. The molecule has 2 aromatic carbocycles. The highest BCUT2D eigenvalue weighted by atomic mass is 35.5. The summed E-state index contributed by atoms with van der Waals surface area (Å²) in [5.41, 5.74) is 1.63. The Kier molecular flexibility index (Phi) is 7.61. The Morgan fingerprint density at radius 3 is 2.70 bits per heavy atom. The van der Waals surface area contributed by atoms with Crippen LogP contribution in [0.4, 0.5) is 33.2 Å². The lowest BCUT2D eigenvalue weighted by atomic mass is 10.0. The van der Waals surface area contributed by atoms with E-state index in [1.54, 1.807) is 19.4 Å². The Morgan fingerprint density at radius 2 is 1.90 bits per heavy atom. The third kappa shape index (κ3) is 5.63. The fourth-order valence-corrected chi connectivity index (χ4v) is 7.03. The molecular formula is C28H33ClFN6O3P. The van der Waals surface area contributed by atoms with Crippen LogP contribution in [0.15, 0.2) is 42.6 Å². The molecule has 0 spiro atoms. The molecule has 0 unspecified atom stereocenters. The Morgan fingerprint density at radius 1 is 1.10 bits per heavy atom. The van der Waals surface area contributed by atoms with Crippen molar-refractivity contribution in [2.24, 2.45) is 0 Å². The van der Waals surface area contributed by atoms with E-state index in [0.717, 1.165) is 45.7 Å². The van der Waals surface area contributed by atoms with Crippen LogP contribution in [0.1, 0.15) is 12.8 Å². The summed E-state index contributed by atoms with van der Waals surface area (Å²) in [6.45, 7) is 8.03. The number of fused-ring (bicyclic) bond motifs is 3. The minimum absolute atomic E-state index is 0.107. The van der Waals surface area contributed by atoms with E-state index in [1.165, 1.54) is 12.3 Å². The largest absolute Gasteiger partial charge is 0.489 e. The molecule has 0 aliphatic carbocycles. The van der Waals surface area contributed by atoms with Gasteiger partial charge in [0.1, 0.15) is 30.2 Å². The van der Waals surface area contributed by atoms with Gasteiger partial charge in [0.15, 0.2) is 11.6 Å². The fourth-order valence-electron chi connectivity index (χ4n) is 5.74. The number of aromatic nitrogens is 2. The molecule has 3 aliphatic heterocycles. The highest BCUT2D eigenvalue weighted by Gasteiger charge is 2.37. The van der Waals surface area contributed by atoms with Crippen molar-refractivity contribution in [3.05, 3.63) is 53.4 Å². The molecule has 2 fully saturated rings. The summed E-state index contributed by atoms with van der Waals surface area (Å²) in [4.78, 5) is 13.4. The number of piperazine rings is 1. The Hall–Kier alpha value is -2.91. The number of halogens is 2. The van der Waals surface area contributed by atoms with Crippen LogP contribution in [0, 0.1) is 5.82 Å². The molecule has 40 heavy (non-hydrogen) atoms. The molecule has 212 valence electrons. The Balaban J connectivity index is 1.19. The van der Waals surface area contributed by atoms with Crippen LogP contribution in [0.3, 0.4) is 0 Å². The third-order valence-corrected chi connectivity index (χ3v) is 9.53. The SMILES string of the molecule is CP(C)(=O)c1ccccc1Nc1nc(Nc2cc(F)c3c(c2)OC[C@@H]2CN(C4CCOCC4)CCN32)ncc1Cl. The lowest BCUT2D eigenvalue weighted by Gasteiger charge is -2.48. The number of anilines is 5. The summed E-state index contributed by atoms with van der Waals surface area (Å²) in [6, 6.07) is 11.2. The van der Waals surface area contributed by atoms with Crippen molar-refractivity contribution in [1.29, 1.82) is 0 Å². The van der Waals surface area contributed by atoms with E-state index in [-0.39, 0.29) is 17.8 Å². The molecule has 3 aliphatic rings. The van der Waals surface area contributed by atoms with E-state index in [2.05, 4.69) is 30.4 Å². The summed E-state index contributed by atoms with van der Waals surface area (Å²) in [7, 11) is -2.54. The van der Waals surface area contributed by atoms with Crippen LogP contribution >= 0.6 is 18.7 Å². The quantitative estimate of drug-likeness (QED) is 0.384. The van der Waals surface area contributed by atoms with E-state index in [9.17, 15) is 4.57 Å². The second kappa shape index (κ2) is 11.2. The zero-order chi connectivity index (χ0) is 27.9. The van der Waals surface area contributed by atoms with E-state index < -0.39 is 7.14 Å². The molecule has 12 heteroatoms. The molecule has 2 saturated heterocycles. The molecule has 9 nitrogen and oxygen atoms in total. The van der Waals surface area contributed by atoms with Gasteiger partial charge in [0, 0.05) is 55.9 Å². The average molecular weight is 587 g/mol. The first-order valence-electron chi connectivity index (χ1n) is 13.5. The lowest BCUT2D eigenvalue weighted by molar-refractivity contribution is 0.0230. The zero-order valence-corrected chi connectivity index (χ0v) is 24.2. The molecule has 0 amide bonds. The molecule has 0 bridgehead atoms. The lowest BCUT2D eigenvalue weighted by Crippen LogP contribution is -2.60. The first-order chi connectivity index (χ1) is 19.3. The third-order valence-electron chi connectivity index (χ3n) is 7.71. The Labute approximate surface area is 238 Å². The summed E-state index contributed by atoms with van der Waals surface area (Å²) in [6.07, 6.45) is 3.55. The van der Waals surface area contributed by atoms with Gasteiger partial charge in [0.2, 0.25) is 5.95 Å². The maximum atomic E-state index is 15.6. The van der Waals surface area contributed by atoms with Crippen molar-refractivity contribution in [3.63, 3.8) is 0 Å². The number of rotatable bonds is 6. The molecule has 6 rings (SSSR count). The molecule has 1 atom stereocenters. The first kappa shape index (κ1) is 27.3. The number of benzene rings is 2. The molecule has 1 aromatic heterocycles. The van der Waals surface area contributed by atoms with E-state index in [0.29, 0.717) is 51.6 Å². The van der Waals surface area contributed by atoms with Crippen molar-refractivity contribution in [1.82, 2.24) is 14.9 Å². The Bertz CT molecular complexity index is 1450. The number of ether oxygens (including phenoxy) is 2. The standard InChI is InChI=1S/C28H33ClFN6O3P/c1-40(2,37)25-6-4-3-5-23(25)33-27-21(29)15-31-28(34-27)32-18-13-22(30)26-24(14-18)39-17-20-16-35(9-10-36(20)26)19-7-11-38-12-8-19/h3-6,13-15,19-20H,7-12,16-17H2,1-2H3,(H2,31,32,33,34)/t20-/m0/s1. The van der Waals surface area contributed by atoms with Gasteiger partial charge < -0.3 is 29.6 Å². The van der Waals surface area contributed by atoms with E-state index in [1.807, 2.05) is 24.3 Å². The smallest absolute Gasteiger partial charge is 0.229 e. The number of hydrogen-bond donors (Lipinski definition) is 2. The van der Waals surface area contributed by atoms with Gasteiger partial charge in [-0.3, -0.25) is 4.90 Å². The summed E-state index contributed by atoms with van der Waals surface area (Å²) < 4.78 is 39.9. The van der Waals surface area contributed by atoms with Gasteiger partial charge in [-0.25, -0.2) is 9.37 Å². The summed E-state index contributed by atoms with van der Waals surface area (Å²) >= 11 is 6.38. The maximum Gasteiger partial charge on any atom is 0.229 e. The van der Waals surface area contributed by atoms with Gasteiger partial charge in [-0.15, -0.1) is 0 Å². The highest BCUT2D eigenvalue weighted by molar-refractivity contribution is 7.70. The van der Waals surface area contributed by atoms with Gasteiger partial charge in [0.25, 0.3) is 0 Å². The van der Waals surface area contributed by atoms with Crippen LogP contribution < -0.4 is 25.6 Å². The predicted molar refractivity (Wildman–Crippen MR) is 158 cm³/mol. The van der Waals surface area contributed by atoms with E-state index >= 15 is 4.39 Å². The van der Waals surface area contributed by atoms with Crippen LogP contribution in [-0.4, -0.2) is 79.7 Å². The van der Waals surface area contributed by atoms with Crippen LogP contribution in [-0.2, 0) is 9.30 Å². The van der Waals surface area contributed by atoms with Crippen LogP contribution in [0.2, 0.25) is 5.02 Å². The first-order valence-corrected chi connectivity index (χ1v) is 16.5. The molecular weight excluding hydrogens is 554 g/mol. The number of para-hydroxylation sites is 1. The second-order valence-corrected chi connectivity index (χ2v) is 14.4. The maximum absolute atomic E-state index is 15.6. The number of hydrogen-bond acceptors (Lipinski definition) is 9. The van der Waals surface area contributed by atoms with Crippen molar-refractivity contribution in [2.45, 2.75) is 24.9 Å². The molecule has 0 saturated carbocycles. The predicted octanol–water partition coefficient (Wildman–Crippen LogP) is 5.07. The van der Waals surface area contributed by atoms with Crippen molar-refractivity contribution >= 4 is 52.9 Å². The van der Waals surface area contributed by atoms with Crippen LogP contribution in [0.25, 0.3) is 0 Å². The molecule has 0 radical (unpaired) electrons. The minimum atomic E-state index is -2.54. The van der Waals surface area contributed by atoms with Gasteiger partial charge in [0.05, 0.1) is 17.9 Å². The summed E-state index contributed by atoms with van der Waals surface area (Å²) in [5.74, 6) is 0.729. The molecule has 3 aromatic rings. The highest BCUT2D eigenvalue weighted by Crippen LogP contribution is 2.41. The molecule has 2 N–H and O–H groups in total. The van der Waals surface area contributed by atoms with Crippen molar-refractivity contribution in [3.8, 4) is 5.75 Å². The monoisotopic (exact) mass is 586 g/mol. The molecule has 4 heterocycles. The fraction of sp³-hybridized carbons (Fsp3) is 0.429. The minimum Gasteiger partial charge on any atom is -0.489 e. The van der Waals surface area contributed by atoms with E-state index in [4.69, 9.17) is 21.1 Å². The van der Waals surface area contributed by atoms with Gasteiger partial charge in [-0.2, -0.15) is 4.98 Å². The van der Waals surface area contributed by atoms with Crippen molar-refractivity contribution in [2.75, 3.05) is 68.3 Å². The zero-order valence-electron chi connectivity index (χ0n) is 22.6. The van der Waals surface area contributed by atoms with Gasteiger partial charge in [-0.1, -0.05) is 23.7 Å². The number of nitrogens with zero attached hydrogens (tertiary/aromatic N) is 4. The van der Waals surface area contributed by atoms with Crippen molar-refractivity contribution < 1.29 is 18.4 Å². The number of nitrogens with one attached hydrogen (secondary N) is 2. The van der Waals surface area contributed by atoms with Crippen LogP contribution in [0.5, 0.6) is 5.75 Å². The average Bonchev–Trinajstić information content (AvgIpc) is 2.94. The second-order valence-electron chi connectivity index (χ2n) is 10.8.